The van der Waals surface area contributed by atoms with Gasteiger partial charge in [-0.2, -0.15) is 5.10 Å². The van der Waals surface area contributed by atoms with Gasteiger partial charge in [0.15, 0.2) is 0 Å². The number of aryl methyl sites for hydroxylation is 1. The highest BCUT2D eigenvalue weighted by Gasteiger charge is 2.48. The average molecular weight is 190 g/mol. The molecule has 1 heterocycles. The number of rotatable bonds is 1. The zero-order valence-corrected chi connectivity index (χ0v) is 8.22. The Kier molecular flexibility index (Phi) is 1.46. The summed E-state index contributed by atoms with van der Waals surface area (Å²) in [6, 6.07) is 0. The number of fused-ring (bicyclic) bond motifs is 2. The van der Waals surface area contributed by atoms with E-state index in [9.17, 15) is 5.11 Å². The van der Waals surface area contributed by atoms with Gasteiger partial charge in [-0.25, -0.2) is 0 Å². The Morgan fingerprint density at radius 2 is 2.43 bits per heavy atom. The van der Waals surface area contributed by atoms with Crippen LogP contribution in [0, 0.1) is 11.8 Å². The van der Waals surface area contributed by atoms with E-state index in [4.69, 9.17) is 0 Å². The predicted octanol–water partition coefficient (Wildman–Crippen LogP) is 1.20. The quantitative estimate of drug-likeness (QED) is 0.676. The first-order valence-electron chi connectivity index (χ1n) is 5.08. The summed E-state index contributed by atoms with van der Waals surface area (Å²) in [6.45, 7) is 0. The lowest BCUT2D eigenvalue weighted by Crippen LogP contribution is -2.29. The first-order valence-corrected chi connectivity index (χ1v) is 5.08. The van der Waals surface area contributed by atoms with E-state index in [1.807, 2.05) is 13.2 Å². The molecule has 0 amide bonds. The Hall–Kier alpha value is -1.09. The molecule has 1 fully saturated rings. The highest BCUT2D eigenvalue weighted by atomic mass is 16.3. The van der Waals surface area contributed by atoms with Crippen LogP contribution in [0.25, 0.3) is 0 Å². The summed E-state index contributed by atoms with van der Waals surface area (Å²) in [6.07, 6.45) is 10.1. The lowest BCUT2D eigenvalue weighted by atomic mass is 9.83. The largest absolute Gasteiger partial charge is 0.384 e. The number of aliphatic hydroxyl groups is 1. The smallest absolute Gasteiger partial charge is 0.0994 e. The van der Waals surface area contributed by atoms with Gasteiger partial charge in [0, 0.05) is 24.7 Å². The van der Waals surface area contributed by atoms with Crippen molar-refractivity contribution in [2.45, 2.75) is 18.4 Å². The van der Waals surface area contributed by atoms with Crippen LogP contribution in [0.3, 0.4) is 0 Å². The van der Waals surface area contributed by atoms with E-state index in [2.05, 4.69) is 17.3 Å². The first kappa shape index (κ1) is 8.24. The monoisotopic (exact) mass is 190 g/mol. The molecule has 3 heteroatoms. The van der Waals surface area contributed by atoms with Crippen molar-refractivity contribution in [3.05, 3.63) is 30.1 Å². The molecule has 1 aromatic rings. The number of hydrogen-bond donors (Lipinski definition) is 1. The Morgan fingerprint density at radius 3 is 2.93 bits per heavy atom. The van der Waals surface area contributed by atoms with Gasteiger partial charge in [0.25, 0.3) is 0 Å². The molecule has 1 aromatic heterocycles. The lowest BCUT2D eigenvalue weighted by molar-refractivity contribution is 0.0103. The van der Waals surface area contributed by atoms with E-state index in [1.165, 1.54) is 0 Å². The second-order valence-corrected chi connectivity index (χ2v) is 4.52. The van der Waals surface area contributed by atoms with Gasteiger partial charge in [-0.15, -0.1) is 0 Å². The molecule has 3 nitrogen and oxygen atoms in total. The Morgan fingerprint density at radius 1 is 1.57 bits per heavy atom. The van der Waals surface area contributed by atoms with Crippen molar-refractivity contribution in [3.8, 4) is 0 Å². The van der Waals surface area contributed by atoms with E-state index in [-0.39, 0.29) is 0 Å². The minimum absolute atomic E-state index is 0.302. The van der Waals surface area contributed by atoms with Crippen molar-refractivity contribution in [2.75, 3.05) is 0 Å². The van der Waals surface area contributed by atoms with Crippen LogP contribution in [-0.4, -0.2) is 14.9 Å². The fraction of sp³-hybridized carbons (Fsp3) is 0.545. The number of allylic oxidation sites excluding steroid dienone is 1. The van der Waals surface area contributed by atoms with Crippen LogP contribution in [0.5, 0.6) is 0 Å². The summed E-state index contributed by atoms with van der Waals surface area (Å²) >= 11 is 0. The summed E-state index contributed by atoms with van der Waals surface area (Å²) in [5.41, 5.74) is 0.324. The molecule has 0 aromatic carbocycles. The fourth-order valence-electron chi connectivity index (χ4n) is 2.81. The molecule has 2 bridgehead atoms. The molecular formula is C11H14N2O. The summed E-state index contributed by atoms with van der Waals surface area (Å²) in [7, 11) is 1.88. The topological polar surface area (TPSA) is 38.0 Å². The van der Waals surface area contributed by atoms with E-state index in [1.54, 1.807) is 10.9 Å². The van der Waals surface area contributed by atoms with Crippen LogP contribution in [0.15, 0.2) is 24.5 Å². The minimum Gasteiger partial charge on any atom is -0.384 e. The van der Waals surface area contributed by atoms with Crippen LogP contribution in [0.2, 0.25) is 0 Å². The maximum Gasteiger partial charge on any atom is 0.0994 e. The summed E-state index contributed by atoms with van der Waals surface area (Å²) in [4.78, 5) is 0. The Balaban J connectivity index is 2.02. The van der Waals surface area contributed by atoms with Crippen molar-refractivity contribution in [1.29, 1.82) is 0 Å². The van der Waals surface area contributed by atoms with Crippen molar-refractivity contribution in [3.63, 3.8) is 0 Å². The maximum absolute atomic E-state index is 10.6. The second-order valence-electron chi connectivity index (χ2n) is 4.52. The molecule has 1 saturated carbocycles. The van der Waals surface area contributed by atoms with Gasteiger partial charge in [-0.05, 0) is 18.8 Å². The molecule has 1 N–H and O–H groups in total. The molecule has 14 heavy (non-hydrogen) atoms. The van der Waals surface area contributed by atoms with Gasteiger partial charge in [-0.1, -0.05) is 12.2 Å². The maximum atomic E-state index is 10.6. The van der Waals surface area contributed by atoms with Crippen LogP contribution in [0.1, 0.15) is 18.4 Å². The third-order valence-electron chi connectivity index (χ3n) is 3.56. The van der Waals surface area contributed by atoms with Gasteiger partial charge >= 0.3 is 0 Å². The van der Waals surface area contributed by atoms with Gasteiger partial charge < -0.3 is 5.11 Å². The van der Waals surface area contributed by atoms with E-state index < -0.39 is 5.60 Å². The van der Waals surface area contributed by atoms with Crippen molar-refractivity contribution < 1.29 is 5.11 Å². The van der Waals surface area contributed by atoms with E-state index in [0.717, 1.165) is 18.4 Å². The fourth-order valence-corrected chi connectivity index (χ4v) is 2.81. The molecular weight excluding hydrogens is 176 g/mol. The summed E-state index contributed by atoms with van der Waals surface area (Å²) < 4.78 is 1.75. The standard InChI is InChI=1S/C11H14N2O/c1-13-7-10(6-12-13)11(14)5-8-2-3-9(11)4-8/h2-3,6-9,14H,4-5H2,1H3. The third kappa shape index (κ3) is 0.932. The summed E-state index contributed by atoms with van der Waals surface area (Å²) in [5.74, 6) is 0.877. The Labute approximate surface area is 83.1 Å². The van der Waals surface area contributed by atoms with Crippen molar-refractivity contribution >= 4 is 0 Å². The van der Waals surface area contributed by atoms with Crippen LogP contribution >= 0.6 is 0 Å². The highest BCUT2D eigenvalue weighted by Crippen LogP contribution is 2.51. The van der Waals surface area contributed by atoms with Gasteiger partial charge in [0.2, 0.25) is 0 Å². The Bertz CT molecular complexity index is 396. The average Bonchev–Trinajstić information content (AvgIpc) is 2.78. The van der Waals surface area contributed by atoms with E-state index >= 15 is 0 Å². The molecule has 2 aliphatic rings. The molecule has 3 unspecified atom stereocenters. The highest BCUT2D eigenvalue weighted by molar-refractivity contribution is 5.27. The molecule has 0 radical (unpaired) electrons. The SMILES string of the molecule is Cn1cc(C2(O)CC3C=CC2C3)cn1. The third-order valence-corrected chi connectivity index (χ3v) is 3.56. The van der Waals surface area contributed by atoms with Gasteiger partial charge in [0.05, 0.1) is 11.8 Å². The normalized spacial score (nSPS) is 39.6. The van der Waals surface area contributed by atoms with Crippen LogP contribution in [0.4, 0.5) is 0 Å². The van der Waals surface area contributed by atoms with Crippen molar-refractivity contribution in [2.24, 2.45) is 18.9 Å². The summed E-state index contributed by atoms with van der Waals surface area (Å²) in [5, 5.41) is 14.7. The number of aromatic nitrogens is 2. The molecule has 3 atom stereocenters. The molecule has 0 spiro atoms. The molecule has 2 aliphatic carbocycles. The minimum atomic E-state index is -0.645. The lowest BCUT2D eigenvalue weighted by Gasteiger charge is -2.28. The molecule has 0 aliphatic heterocycles. The van der Waals surface area contributed by atoms with Crippen LogP contribution < -0.4 is 0 Å². The number of nitrogens with zero attached hydrogens (tertiary/aromatic N) is 2. The first-order chi connectivity index (χ1) is 6.68. The molecule has 74 valence electrons. The predicted molar refractivity (Wildman–Crippen MR) is 52.5 cm³/mol. The zero-order chi connectivity index (χ0) is 9.76. The number of hydrogen-bond acceptors (Lipinski definition) is 2. The van der Waals surface area contributed by atoms with Gasteiger partial charge in [-0.3, -0.25) is 4.68 Å². The molecule has 0 saturated heterocycles. The zero-order valence-electron chi connectivity index (χ0n) is 8.22. The van der Waals surface area contributed by atoms with E-state index in [0.29, 0.717) is 11.8 Å². The second kappa shape index (κ2) is 2.48. The molecule has 3 rings (SSSR count). The van der Waals surface area contributed by atoms with Crippen LogP contribution in [-0.2, 0) is 12.6 Å². The van der Waals surface area contributed by atoms with Crippen molar-refractivity contribution in [1.82, 2.24) is 9.78 Å². The van der Waals surface area contributed by atoms with Gasteiger partial charge in [0.1, 0.15) is 0 Å².